The van der Waals surface area contributed by atoms with Crippen LogP contribution in [0.25, 0.3) is 0 Å². The average Bonchev–Trinajstić information content (AvgIpc) is 2.33. The molecule has 2 N–H and O–H groups in total. The van der Waals surface area contributed by atoms with Crippen LogP contribution in [0.1, 0.15) is 22.8 Å². The van der Waals surface area contributed by atoms with Crippen LogP contribution in [0.5, 0.6) is 0 Å². The Morgan fingerprint density at radius 3 is 2.68 bits per heavy atom. The second kappa shape index (κ2) is 4.72. The van der Waals surface area contributed by atoms with Crippen molar-refractivity contribution in [1.29, 1.82) is 0 Å². The number of anilines is 1. The van der Waals surface area contributed by atoms with Gasteiger partial charge in [-0.25, -0.2) is 4.79 Å². The average molecular weight is 262 g/mol. The number of hydrogen-bond donors (Lipinski definition) is 2. The van der Waals surface area contributed by atoms with Gasteiger partial charge in [-0.05, 0) is 37.6 Å². The lowest BCUT2D eigenvalue weighted by atomic mass is 10.1. The summed E-state index contributed by atoms with van der Waals surface area (Å²) in [6.45, 7) is 3.54. The second-order valence-electron chi connectivity index (χ2n) is 4.52. The lowest BCUT2D eigenvalue weighted by Crippen LogP contribution is -2.57. The first-order valence-corrected chi connectivity index (χ1v) is 5.84. The van der Waals surface area contributed by atoms with Crippen molar-refractivity contribution in [3.63, 3.8) is 0 Å². The number of aryl methyl sites for hydroxylation is 1. The van der Waals surface area contributed by atoms with Gasteiger partial charge in [-0.3, -0.25) is 14.9 Å². The van der Waals surface area contributed by atoms with Crippen molar-refractivity contribution in [3.8, 4) is 0 Å². The largest absolute Gasteiger partial charge is 0.478 e. The van der Waals surface area contributed by atoms with Gasteiger partial charge in [0, 0.05) is 5.69 Å². The van der Waals surface area contributed by atoms with Crippen molar-refractivity contribution in [2.45, 2.75) is 19.9 Å². The first-order chi connectivity index (χ1) is 8.90. The number of nitrogens with one attached hydrogen (secondary N) is 1. The molecular weight excluding hydrogens is 248 g/mol. The Morgan fingerprint density at radius 1 is 1.42 bits per heavy atom. The molecule has 100 valence electrons. The number of hydrogen-bond acceptors (Lipinski definition) is 4. The van der Waals surface area contributed by atoms with Gasteiger partial charge in [-0.1, -0.05) is 0 Å². The number of carbonyl (C=O) groups excluding carboxylic acids is 2. The topological polar surface area (TPSA) is 86.7 Å². The van der Waals surface area contributed by atoms with Crippen LogP contribution in [0.3, 0.4) is 0 Å². The fourth-order valence-corrected chi connectivity index (χ4v) is 2.12. The molecular formula is C13H14N2O4. The summed E-state index contributed by atoms with van der Waals surface area (Å²) in [7, 11) is 0. The molecule has 6 nitrogen and oxygen atoms in total. The number of carboxylic acid groups (broad SMARTS) is 1. The van der Waals surface area contributed by atoms with Gasteiger partial charge < -0.3 is 10.0 Å². The monoisotopic (exact) mass is 262 g/mol. The highest BCUT2D eigenvalue weighted by Gasteiger charge is 2.31. The fraction of sp³-hybridized carbons (Fsp3) is 0.308. The third-order valence-electron chi connectivity index (χ3n) is 3.18. The van der Waals surface area contributed by atoms with E-state index >= 15 is 0 Å². The van der Waals surface area contributed by atoms with Crippen molar-refractivity contribution >= 4 is 23.5 Å². The number of nitrogens with zero attached hydrogens (tertiary/aromatic N) is 1. The minimum atomic E-state index is -1.00. The molecule has 0 radical (unpaired) electrons. The standard InChI is InChI=1S/C13H14N2O4/c1-7-5-9(13(18)19)3-4-10(7)15-6-11(16)14-12(17)8(15)2/h3-5,8H,6H2,1-2H3,(H,18,19)(H,14,16,17). The van der Waals surface area contributed by atoms with Crippen molar-refractivity contribution in [2.75, 3.05) is 11.4 Å². The number of amides is 2. The summed E-state index contributed by atoms with van der Waals surface area (Å²) in [5.41, 5.74) is 1.59. The zero-order chi connectivity index (χ0) is 14.2. The maximum atomic E-state index is 11.6. The van der Waals surface area contributed by atoms with Crippen molar-refractivity contribution < 1.29 is 19.5 Å². The van der Waals surface area contributed by atoms with Gasteiger partial charge in [0.2, 0.25) is 11.8 Å². The molecule has 0 aliphatic carbocycles. The van der Waals surface area contributed by atoms with Crippen LogP contribution in [-0.2, 0) is 9.59 Å². The molecule has 0 saturated carbocycles. The Balaban J connectivity index is 2.38. The predicted octanol–water partition coefficient (Wildman–Crippen LogP) is 0.545. The van der Waals surface area contributed by atoms with Gasteiger partial charge in [-0.15, -0.1) is 0 Å². The molecule has 1 atom stereocenters. The minimum absolute atomic E-state index is 0.0835. The SMILES string of the molecule is Cc1cc(C(=O)O)ccc1N1CC(=O)NC(=O)C1C. The van der Waals surface area contributed by atoms with E-state index in [2.05, 4.69) is 5.32 Å². The Morgan fingerprint density at radius 2 is 2.11 bits per heavy atom. The first kappa shape index (κ1) is 13.1. The van der Waals surface area contributed by atoms with E-state index in [-0.39, 0.29) is 23.9 Å². The first-order valence-electron chi connectivity index (χ1n) is 5.84. The zero-order valence-corrected chi connectivity index (χ0v) is 10.6. The van der Waals surface area contributed by atoms with Gasteiger partial charge >= 0.3 is 5.97 Å². The quantitative estimate of drug-likeness (QED) is 0.760. The number of imide groups is 1. The van der Waals surface area contributed by atoms with E-state index in [9.17, 15) is 14.4 Å². The highest BCUT2D eigenvalue weighted by Crippen LogP contribution is 2.24. The third-order valence-corrected chi connectivity index (χ3v) is 3.18. The summed E-state index contributed by atoms with van der Waals surface area (Å²) >= 11 is 0. The van der Waals surface area contributed by atoms with Crippen LogP contribution in [0.15, 0.2) is 18.2 Å². The predicted molar refractivity (Wildman–Crippen MR) is 68.1 cm³/mol. The molecule has 1 unspecified atom stereocenters. The highest BCUT2D eigenvalue weighted by atomic mass is 16.4. The second-order valence-corrected chi connectivity index (χ2v) is 4.52. The molecule has 19 heavy (non-hydrogen) atoms. The third kappa shape index (κ3) is 2.42. The van der Waals surface area contributed by atoms with E-state index in [4.69, 9.17) is 5.11 Å². The number of aromatic carboxylic acids is 1. The molecule has 0 spiro atoms. The molecule has 1 aromatic rings. The van der Waals surface area contributed by atoms with E-state index in [1.807, 2.05) is 0 Å². The molecule has 1 aliphatic rings. The smallest absolute Gasteiger partial charge is 0.335 e. The Kier molecular flexibility index (Phi) is 3.25. The van der Waals surface area contributed by atoms with E-state index in [0.717, 1.165) is 0 Å². The van der Waals surface area contributed by atoms with E-state index in [1.165, 1.54) is 12.1 Å². The molecule has 1 aliphatic heterocycles. The molecule has 0 bridgehead atoms. The number of benzene rings is 1. The summed E-state index contributed by atoms with van der Waals surface area (Å²) < 4.78 is 0. The van der Waals surface area contributed by atoms with Crippen molar-refractivity contribution in [3.05, 3.63) is 29.3 Å². The lowest BCUT2D eigenvalue weighted by Gasteiger charge is -2.34. The molecule has 2 amide bonds. The van der Waals surface area contributed by atoms with Crippen LogP contribution in [0.2, 0.25) is 0 Å². The van der Waals surface area contributed by atoms with Crippen LogP contribution < -0.4 is 10.2 Å². The van der Waals surface area contributed by atoms with E-state index in [0.29, 0.717) is 11.3 Å². The maximum absolute atomic E-state index is 11.6. The van der Waals surface area contributed by atoms with Gasteiger partial charge in [0.25, 0.3) is 0 Å². The van der Waals surface area contributed by atoms with Crippen LogP contribution >= 0.6 is 0 Å². The molecule has 1 heterocycles. The summed E-state index contributed by atoms with van der Waals surface area (Å²) in [5, 5.41) is 11.2. The molecule has 6 heteroatoms. The number of rotatable bonds is 2. The Bertz CT molecular complexity index is 568. The summed E-state index contributed by atoms with van der Waals surface area (Å²) in [6, 6.07) is 4.16. The highest BCUT2D eigenvalue weighted by molar-refractivity contribution is 6.04. The lowest BCUT2D eigenvalue weighted by molar-refractivity contribution is -0.132. The van der Waals surface area contributed by atoms with Crippen molar-refractivity contribution in [1.82, 2.24) is 5.32 Å². The van der Waals surface area contributed by atoms with Gasteiger partial charge in [-0.2, -0.15) is 0 Å². The normalized spacial score (nSPS) is 19.3. The molecule has 0 aromatic heterocycles. The maximum Gasteiger partial charge on any atom is 0.335 e. The van der Waals surface area contributed by atoms with E-state index in [1.54, 1.807) is 24.8 Å². The van der Waals surface area contributed by atoms with Crippen LogP contribution in [0, 0.1) is 6.92 Å². The Labute approximate surface area is 110 Å². The Hall–Kier alpha value is -2.37. The van der Waals surface area contributed by atoms with E-state index < -0.39 is 12.0 Å². The summed E-state index contributed by atoms with van der Waals surface area (Å²) in [4.78, 5) is 35.6. The molecule has 1 saturated heterocycles. The number of carbonyl (C=O) groups is 3. The molecule has 2 rings (SSSR count). The summed E-state index contributed by atoms with van der Waals surface area (Å²) in [6.07, 6.45) is 0. The number of carboxylic acids is 1. The van der Waals surface area contributed by atoms with Crippen molar-refractivity contribution in [2.24, 2.45) is 0 Å². The minimum Gasteiger partial charge on any atom is -0.478 e. The summed E-state index contributed by atoms with van der Waals surface area (Å²) in [5.74, 6) is -1.71. The van der Waals surface area contributed by atoms with Gasteiger partial charge in [0.05, 0.1) is 12.1 Å². The fourth-order valence-electron chi connectivity index (χ4n) is 2.12. The van der Waals surface area contributed by atoms with Gasteiger partial charge in [0.15, 0.2) is 0 Å². The van der Waals surface area contributed by atoms with Gasteiger partial charge in [0.1, 0.15) is 6.04 Å². The van der Waals surface area contributed by atoms with Crippen LogP contribution in [0.4, 0.5) is 5.69 Å². The molecule has 1 aromatic carbocycles. The van der Waals surface area contributed by atoms with Crippen LogP contribution in [-0.4, -0.2) is 35.5 Å². The number of piperazine rings is 1. The molecule has 1 fully saturated rings. The zero-order valence-electron chi connectivity index (χ0n) is 10.6.